The number of morpholine rings is 1. The van der Waals surface area contributed by atoms with Crippen LogP contribution in [-0.4, -0.2) is 36.7 Å². The van der Waals surface area contributed by atoms with Crippen molar-refractivity contribution in [3.8, 4) is 0 Å². The Kier molecular flexibility index (Phi) is 6.33. The molecule has 22 heavy (non-hydrogen) atoms. The van der Waals surface area contributed by atoms with Crippen LogP contribution in [0.25, 0.3) is 0 Å². The van der Waals surface area contributed by atoms with Crippen molar-refractivity contribution in [3.05, 3.63) is 47.0 Å². The first-order valence-corrected chi connectivity index (χ1v) is 7.73. The minimum atomic E-state index is -0.291. The number of carbonyl (C=O) groups is 1. The number of anilines is 1. The van der Waals surface area contributed by atoms with Crippen LogP contribution in [0.2, 0.25) is 0 Å². The van der Waals surface area contributed by atoms with Crippen LogP contribution in [0.5, 0.6) is 0 Å². The molecule has 1 aliphatic rings. The van der Waals surface area contributed by atoms with Gasteiger partial charge in [-0.25, -0.2) is 4.98 Å². The SMILES string of the molecule is Cl.O=C(Nc1ncc(Cc2ccccc2)s1)C1COCCN1. The molecule has 0 aliphatic carbocycles. The zero-order valence-electron chi connectivity index (χ0n) is 12.0. The highest BCUT2D eigenvalue weighted by molar-refractivity contribution is 7.15. The van der Waals surface area contributed by atoms with Crippen LogP contribution in [0.4, 0.5) is 5.13 Å². The summed E-state index contributed by atoms with van der Waals surface area (Å²) in [5.41, 5.74) is 1.24. The third kappa shape index (κ3) is 4.51. The first-order valence-electron chi connectivity index (χ1n) is 6.92. The molecule has 0 bridgehead atoms. The summed E-state index contributed by atoms with van der Waals surface area (Å²) in [4.78, 5) is 17.4. The molecule has 1 amide bonds. The smallest absolute Gasteiger partial charge is 0.245 e. The average Bonchev–Trinajstić information content (AvgIpc) is 2.96. The van der Waals surface area contributed by atoms with Gasteiger partial charge in [0.2, 0.25) is 5.91 Å². The minimum Gasteiger partial charge on any atom is -0.378 e. The van der Waals surface area contributed by atoms with Crippen molar-refractivity contribution in [2.24, 2.45) is 0 Å². The van der Waals surface area contributed by atoms with Crippen LogP contribution in [0, 0.1) is 0 Å². The standard InChI is InChI=1S/C15H17N3O2S.ClH/c19-14(13-10-20-7-6-16-13)18-15-17-9-12(21-15)8-11-4-2-1-3-5-11;/h1-5,9,13,16H,6-8,10H2,(H,17,18,19);1H. The first kappa shape index (κ1) is 16.9. The summed E-state index contributed by atoms with van der Waals surface area (Å²) < 4.78 is 5.28. The number of halogens is 1. The number of amides is 1. The fraction of sp³-hybridized carbons (Fsp3) is 0.333. The van der Waals surface area contributed by atoms with E-state index in [1.54, 1.807) is 0 Å². The van der Waals surface area contributed by atoms with E-state index in [-0.39, 0.29) is 24.4 Å². The van der Waals surface area contributed by atoms with Crippen molar-refractivity contribution in [1.82, 2.24) is 10.3 Å². The van der Waals surface area contributed by atoms with Crippen LogP contribution in [0.15, 0.2) is 36.5 Å². The van der Waals surface area contributed by atoms with Crippen molar-refractivity contribution in [2.75, 3.05) is 25.1 Å². The maximum absolute atomic E-state index is 12.0. The van der Waals surface area contributed by atoms with Crippen LogP contribution in [-0.2, 0) is 16.0 Å². The van der Waals surface area contributed by atoms with Crippen molar-refractivity contribution in [2.45, 2.75) is 12.5 Å². The van der Waals surface area contributed by atoms with Crippen LogP contribution < -0.4 is 10.6 Å². The van der Waals surface area contributed by atoms with E-state index < -0.39 is 0 Å². The van der Waals surface area contributed by atoms with Gasteiger partial charge < -0.3 is 15.4 Å². The van der Waals surface area contributed by atoms with Gasteiger partial charge in [0, 0.05) is 24.0 Å². The number of nitrogens with zero attached hydrogens (tertiary/aromatic N) is 1. The molecule has 2 aromatic rings. The highest BCUT2D eigenvalue weighted by atomic mass is 35.5. The number of hydrogen-bond donors (Lipinski definition) is 2. The molecular formula is C15H18ClN3O2S. The number of benzene rings is 1. The topological polar surface area (TPSA) is 63.2 Å². The van der Waals surface area contributed by atoms with E-state index in [4.69, 9.17) is 4.74 Å². The molecule has 0 radical (unpaired) electrons. The lowest BCUT2D eigenvalue weighted by molar-refractivity contribution is -0.120. The van der Waals surface area contributed by atoms with Crippen LogP contribution in [0.3, 0.4) is 0 Å². The molecule has 1 saturated heterocycles. The largest absolute Gasteiger partial charge is 0.378 e. The molecule has 0 saturated carbocycles. The van der Waals surface area contributed by atoms with Crippen molar-refractivity contribution in [3.63, 3.8) is 0 Å². The summed E-state index contributed by atoms with van der Waals surface area (Å²) in [6.45, 7) is 1.77. The van der Waals surface area contributed by atoms with Crippen LogP contribution >= 0.6 is 23.7 Å². The summed E-state index contributed by atoms with van der Waals surface area (Å²) in [5.74, 6) is -0.0877. The molecule has 1 atom stereocenters. The number of carbonyl (C=O) groups excluding carboxylic acids is 1. The Morgan fingerprint density at radius 3 is 2.95 bits per heavy atom. The van der Waals surface area contributed by atoms with Gasteiger partial charge in [0.05, 0.1) is 13.2 Å². The van der Waals surface area contributed by atoms with E-state index in [1.807, 2.05) is 24.4 Å². The van der Waals surface area contributed by atoms with E-state index in [1.165, 1.54) is 16.9 Å². The molecule has 1 aromatic heterocycles. The summed E-state index contributed by atoms with van der Waals surface area (Å²) in [7, 11) is 0. The second-order valence-corrected chi connectivity index (χ2v) is 5.98. The van der Waals surface area contributed by atoms with Gasteiger partial charge >= 0.3 is 0 Å². The molecule has 1 aliphatic heterocycles. The average molecular weight is 340 g/mol. The number of aromatic nitrogens is 1. The lowest BCUT2D eigenvalue weighted by Gasteiger charge is -2.22. The lowest BCUT2D eigenvalue weighted by atomic mass is 10.1. The van der Waals surface area contributed by atoms with Gasteiger partial charge in [-0.3, -0.25) is 4.79 Å². The van der Waals surface area contributed by atoms with Gasteiger partial charge in [0.25, 0.3) is 0 Å². The predicted octanol–water partition coefficient (Wildman–Crippen LogP) is 2.08. The van der Waals surface area contributed by atoms with E-state index in [2.05, 4.69) is 27.8 Å². The molecule has 2 N–H and O–H groups in total. The molecule has 3 rings (SSSR count). The van der Waals surface area contributed by atoms with Crippen molar-refractivity contribution >= 4 is 34.8 Å². The molecule has 1 aromatic carbocycles. The summed E-state index contributed by atoms with van der Waals surface area (Å²) in [6.07, 6.45) is 2.65. The van der Waals surface area contributed by atoms with Crippen LogP contribution in [0.1, 0.15) is 10.4 Å². The fourth-order valence-corrected chi connectivity index (χ4v) is 3.02. The third-order valence-electron chi connectivity index (χ3n) is 3.24. The van der Waals surface area contributed by atoms with Gasteiger partial charge in [-0.2, -0.15) is 0 Å². The highest BCUT2D eigenvalue weighted by Gasteiger charge is 2.21. The third-order valence-corrected chi connectivity index (χ3v) is 4.16. The molecule has 118 valence electrons. The second-order valence-electron chi connectivity index (χ2n) is 4.86. The molecule has 2 heterocycles. The zero-order chi connectivity index (χ0) is 14.5. The molecule has 1 fully saturated rings. The first-order chi connectivity index (χ1) is 10.3. The number of ether oxygens (including phenoxy) is 1. The van der Waals surface area contributed by atoms with Gasteiger partial charge in [0.1, 0.15) is 6.04 Å². The van der Waals surface area contributed by atoms with Gasteiger partial charge in [-0.05, 0) is 5.56 Å². The Balaban J connectivity index is 0.00000176. The van der Waals surface area contributed by atoms with Crippen molar-refractivity contribution < 1.29 is 9.53 Å². The Morgan fingerprint density at radius 2 is 2.23 bits per heavy atom. The second kappa shape index (κ2) is 8.24. The maximum atomic E-state index is 12.0. The van der Waals surface area contributed by atoms with Crippen molar-refractivity contribution in [1.29, 1.82) is 0 Å². The van der Waals surface area contributed by atoms with Gasteiger partial charge in [-0.1, -0.05) is 30.3 Å². The number of thiazole rings is 1. The number of rotatable bonds is 4. The molecule has 7 heteroatoms. The van der Waals surface area contributed by atoms with Gasteiger partial charge in [-0.15, -0.1) is 23.7 Å². The molecule has 5 nitrogen and oxygen atoms in total. The van der Waals surface area contributed by atoms with Gasteiger partial charge in [0.15, 0.2) is 5.13 Å². The quantitative estimate of drug-likeness (QED) is 0.895. The normalized spacial score (nSPS) is 17.5. The lowest BCUT2D eigenvalue weighted by Crippen LogP contribution is -2.48. The Labute approximate surface area is 139 Å². The Hall–Kier alpha value is -1.47. The molecule has 0 spiro atoms. The number of nitrogens with one attached hydrogen (secondary N) is 2. The highest BCUT2D eigenvalue weighted by Crippen LogP contribution is 2.21. The van der Waals surface area contributed by atoms with E-state index in [9.17, 15) is 4.79 Å². The van der Waals surface area contributed by atoms with E-state index >= 15 is 0 Å². The summed E-state index contributed by atoms with van der Waals surface area (Å²) >= 11 is 1.51. The number of hydrogen-bond acceptors (Lipinski definition) is 5. The Bertz CT molecular complexity index is 600. The molecular weight excluding hydrogens is 322 g/mol. The maximum Gasteiger partial charge on any atom is 0.245 e. The monoisotopic (exact) mass is 339 g/mol. The fourth-order valence-electron chi connectivity index (χ4n) is 2.17. The molecule has 1 unspecified atom stereocenters. The summed E-state index contributed by atoms with van der Waals surface area (Å²) in [6, 6.07) is 9.92. The Morgan fingerprint density at radius 1 is 1.41 bits per heavy atom. The van der Waals surface area contributed by atoms with E-state index in [0.29, 0.717) is 24.9 Å². The zero-order valence-corrected chi connectivity index (χ0v) is 13.6. The predicted molar refractivity (Wildman–Crippen MR) is 89.8 cm³/mol. The van der Waals surface area contributed by atoms with E-state index in [0.717, 1.165) is 11.3 Å². The summed E-state index contributed by atoms with van der Waals surface area (Å²) in [5, 5.41) is 6.61. The minimum absolute atomic E-state index is 0.